The van der Waals surface area contributed by atoms with E-state index in [4.69, 9.17) is 4.74 Å². The van der Waals surface area contributed by atoms with Gasteiger partial charge in [-0.25, -0.2) is 0 Å². The average molecular weight is 198 g/mol. The van der Waals surface area contributed by atoms with Crippen molar-refractivity contribution in [1.82, 2.24) is 0 Å². The minimum absolute atomic E-state index is 0.181. The Labute approximate surface area is 84.4 Å². The zero-order valence-electron chi connectivity index (χ0n) is 9.04. The van der Waals surface area contributed by atoms with E-state index in [0.717, 1.165) is 12.8 Å². The Hall–Kier alpha value is -0.570. The van der Waals surface area contributed by atoms with Crippen LogP contribution in [0.25, 0.3) is 0 Å². The summed E-state index contributed by atoms with van der Waals surface area (Å²) >= 11 is 0. The lowest BCUT2D eigenvalue weighted by molar-refractivity contribution is -0.245. The Kier molecular flexibility index (Phi) is 1.94. The van der Waals surface area contributed by atoms with Crippen LogP contribution in [0.15, 0.2) is 0 Å². The smallest absolute Gasteiger partial charge is 0.311 e. The van der Waals surface area contributed by atoms with Crippen LogP contribution in [0, 0.1) is 17.3 Å². The molecule has 1 saturated carbocycles. The highest BCUT2D eigenvalue weighted by atomic mass is 16.7. The van der Waals surface area contributed by atoms with Crippen molar-refractivity contribution in [1.29, 1.82) is 0 Å². The highest BCUT2D eigenvalue weighted by Crippen LogP contribution is 2.55. The van der Waals surface area contributed by atoms with Gasteiger partial charge in [0.15, 0.2) is 0 Å². The summed E-state index contributed by atoms with van der Waals surface area (Å²) in [6.45, 7) is 5.92. The average Bonchev–Trinajstić information content (AvgIpc) is 2.25. The molecule has 2 fully saturated rings. The molecule has 1 aliphatic heterocycles. The number of hydrogen-bond acceptors (Lipinski definition) is 3. The normalized spacial score (nSPS) is 52.7. The van der Waals surface area contributed by atoms with Gasteiger partial charge in [0.2, 0.25) is 5.79 Å². The van der Waals surface area contributed by atoms with Gasteiger partial charge in [0.1, 0.15) is 0 Å². The van der Waals surface area contributed by atoms with E-state index in [-0.39, 0.29) is 17.3 Å². The van der Waals surface area contributed by atoms with Crippen molar-refractivity contribution >= 4 is 5.97 Å². The molecule has 80 valence electrons. The first-order chi connectivity index (χ1) is 6.39. The predicted molar refractivity (Wildman–Crippen MR) is 51.3 cm³/mol. The van der Waals surface area contributed by atoms with Gasteiger partial charge >= 0.3 is 5.97 Å². The molecule has 3 nitrogen and oxygen atoms in total. The van der Waals surface area contributed by atoms with Gasteiger partial charge in [-0.05, 0) is 18.8 Å². The first-order valence-electron chi connectivity index (χ1n) is 5.34. The minimum atomic E-state index is -1.21. The SMILES string of the molecule is C[C@@H]1CC[C@]2(C)[C@@H](C)C(=O)O[C@]2(O)C1. The standard InChI is InChI=1S/C11H18O3/c1-7-4-5-10(3)8(2)9(12)14-11(10,13)6-7/h7-8,13H,4-6H2,1-3H3/t7-,8+,10-,11-/m1/s1. The van der Waals surface area contributed by atoms with Gasteiger partial charge in [-0.3, -0.25) is 4.79 Å². The van der Waals surface area contributed by atoms with Crippen LogP contribution in [0.4, 0.5) is 0 Å². The summed E-state index contributed by atoms with van der Waals surface area (Å²) in [5.41, 5.74) is -0.378. The number of esters is 1. The summed E-state index contributed by atoms with van der Waals surface area (Å²) < 4.78 is 5.16. The molecule has 0 spiro atoms. The fourth-order valence-electron chi connectivity index (χ4n) is 2.78. The Balaban J connectivity index is 2.36. The van der Waals surface area contributed by atoms with E-state index in [9.17, 15) is 9.90 Å². The van der Waals surface area contributed by atoms with Gasteiger partial charge in [0.25, 0.3) is 0 Å². The molecule has 4 atom stereocenters. The topological polar surface area (TPSA) is 46.5 Å². The highest BCUT2D eigenvalue weighted by molar-refractivity contribution is 5.76. The first kappa shape index (κ1) is 9.97. The lowest BCUT2D eigenvalue weighted by Crippen LogP contribution is -2.49. The van der Waals surface area contributed by atoms with Crippen LogP contribution in [-0.2, 0) is 9.53 Å². The van der Waals surface area contributed by atoms with E-state index < -0.39 is 5.79 Å². The van der Waals surface area contributed by atoms with Gasteiger partial charge in [0.05, 0.1) is 5.92 Å². The zero-order valence-corrected chi connectivity index (χ0v) is 9.04. The van der Waals surface area contributed by atoms with Crippen molar-refractivity contribution in [2.24, 2.45) is 17.3 Å². The summed E-state index contributed by atoms with van der Waals surface area (Å²) in [7, 11) is 0. The summed E-state index contributed by atoms with van der Waals surface area (Å²) in [5, 5.41) is 10.3. The molecule has 1 aliphatic carbocycles. The lowest BCUT2D eigenvalue weighted by Gasteiger charge is -2.44. The van der Waals surface area contributed by atoms with E-state index >= 15 is 0 Å². The number of aliphatic hydroxyl groups is 1. The number of fused-ring (bicyclic) bond motifs is 1. The van der Waals surface area contributed by atoms with Crippen LogP contribution in [0.2, 0.25) is 0 Å². The highest BCUT2D eigenvalue weighted by Gasteiger charge is 2.63. The Morgan fingerprint density at radius 3 is 2.79 bits per heavy atom. The van der Waals surface area contributed by atoms with E-state index in [1.54, 1.807) is 0 Å². The van der Waals surface area contributed by atoms with Crippen LogP contribution in [0.5, 0.6) is 0 Å². The lowest BCUT2D eigenvalue weighted by atomic mass is 9.63. The molecule has 0 aromatic carbocycles. The van der Waals surface area contributed by atoms with Gasteiger partial charge in [0, 0.05) is 11.8 Å². The summed E-state index contributed by atoms with van der Waals surface area (Å²) in [6, 6.07) is 0. The van der Waals surface area contributed by atoms with Gasteiger partial charge in [-0.15, -0.1) is 0 Å². The zero-order chi connectivity index (χ0) is 10.6. The van der Waals surface area contributed by atoms with E-state index in [1.807, 2.05) is 13.8 Å². The molecular weight excluding hydrogens is 180 g/mol. The molecule has 3 heteroatoms. The summed E-state index contributed by atoms with van der Waals surface area (Å²) in [6.07, 6.45) is 2.52. The van der Waals surface area contributed by atoms with Crippen molar-refractivity contribution in [2.75, 3.05) is 0 Å². The molecule has 0 aromatic rings. The second-order valence-corrected chi connectivity index (χ2v) is 5.19. The largest absolute Gasteiger partial charge is 0.432 e. The van der Waals surface area contributed by atoms with Crippen LogP contribution < -0.4 is 0 Å². The van der Waals surface area contributed by atoms with Crippen molar-refractivity contribution in [3.8, 4) is 0 Å². The van der Waals surface area contributed by atoms with E-state index in [1.165, 1.54) is 0 Å². The van der Waals surface area contributed by atoms with Crippen molar-refractivity contribution < 1.29 is 14.6 Å². The number of carbonyl (C=O) groups is 1. The molecule has 0 bridgehead atoms. The van der Waals surface area contributed by atoms with Crippen LogP contribution >= 0.6 is 0 Å². The maximum atomic E-state index is 11.5. The number of carbonyl (C=O) groups excluding carboxylic acids is 1. The van der Waals surface area contributed by atoms with Gasteiger partial charge < -0.3 is 9.84 Å². The molecule has 14 heavy (non-hydrogen) atoms. The quantitative estimate of drug-likeness (QED) is 0.602. The number of rotatable bonds is 0. The van der Waals surface area contributed by atoms with Gasteiger partial charge in [-0.1, -0.05) is 20.8 Å². The molecule has 0 unspecified atom stereocenters. The first-order valence-corrected chi connectivity index (χ1v) is 5.34. The Morgan fingerprint density at radius 1 is 1.50 bits per heavy atom. The maximum absolute atomic E-state index is 11.5. The molecule has 2 rings (SSSR count). The van der Waals surface area contributed by atoms with Crippen molar-refractivity contribution in [2.45, 2.75) is 45.8 Å². The van der Waals surface area contributed by atoms with Crippen molar-refractivity contribution in [3.05, 3.63) is 0 Å². The molecule has 2 aliphatic rings. The maximum Gasteiger partial charge on any atom is 0.311 e. The molecule has 1 N–H and O–H groups in total. The third-order valence-electron chi connectivity index (χ3n) is 4.25. The Bertz CT molecular complexity index is 276. The summed E-state index contributed by atoms with van der Waals surface area (Å²) in [5.74, 6) is -1.20. The molecule has 0 aromatic heterocycles. The predicted octanol–water partition coefficient (Wildman–Crippen LogP) is 1.69. The Morgan fingerprint density at radius 2 is 2.14 bits per heavy atom. The van der Waals surface area contributed by atoms with E-state index in [0.29, 0.717) is 12.3 Å². The number of hydrogen-bond donors (Lipinski definition) is 1. The van der Waals surface area contributed by atoms with Crippen molar-refractivity contribution in [3.63, 3.8) is 0 Å². The fraction of sp³-hybridized carbons (Fsp3) is 0.909. The second kappa shape index (κ2) is 2.72. The third-order valence-corrected chi connectivity index (χ3v) is 4.25. The van der Waals surface area contributed by atoms with Gasteiger partial charge in [-0.2, -0.15) is 0 Å². The third kappa shape index (κ3) is 1.05. The molecule has 0 amide bonds. The molecule has 1 saturated heterocycles. The van der Waals surface area contributed by atoms with Crippen LogP contribution in [0.3, 0.4) is 0 Å². The number of ether oxygens (including phenoxy) is 1. The minimum Gasteiger partial charge on any atom is -0.432 e. The monoisotopic (exact) mass is 198 g/mol. The summed E-state index contributed by atoms with van der Waals surface area (Å²) in [4.78, 5) is 11.5. The van der Waals surface area contributed by atoms with Crippen LogP contribution in [-0.4, -0.2) is 16.9 Å². The fourth-order valence-corrected chi connectivity index (χ4v) is 2.78. The van der Waals surface area contributed by atoms with Crippen LogP contribution in [0.1, 0.15) is 40.0 Å². The second-order valence-electron chi connectivity index (χ2n) is 5.19. The molecule has 0 radical (unpaired) electrons. The molecule has 1 heterocycles. The molecular formula is C11H18O3. The van der Waals surface area contributed by atoms with E-state index in [2.05, 4.69) is 6.92 Å².